The SMILES string of the molecule is C.C.CCCCC[C@H](O)CC[C@@H]1[C@H]2Cc3cccc(OCC(=O)NCC(=O)O)c3C[C@H]2C[C@H]1O.CCCCC[C@H](O)CC[C@@H]1[C@H]2Cc3cccc(OCC(=O)NCC(=O)OCc4ccccc4)c3C[C@H]2C[C@H]1O. The van der Waals surface area contributed by atoms with E-state index in [-0.39, 0.29) is 83.4 Å². The van der Waals surface area contributed by atoms with Crippen LogP contribution in [0.1, 0.15) is 146 Å². The smallest absolute Gasteiger partial charge is 0.325 e. The van der Waals surface area contributed by atoms with Crippen LogP contribution in [-0.4, -0.2) is 100 Å². The molecule has 4 aliphatic rings. The molecule has 0 bridgehead atoms. The molecule has 3 aromatic rings. The number of amides is 2. The fourth-order valence-corrected chi connectivity index (χ4v) is 11.7. The molecule has 0 aliphatic heterocycles. The lowest BCUT2D eigenvalue weighted by Gasteiger charge is -2.32. The van der Waals surface area contributed by atoms with Crippen LogP contribution in [0.4, 0.5) is 0 Å². The van der Waals surface area contributed by atoms with Gasteiger partial charge in [-0.2, -0.15) is 0 Å². The highest BCUT2D eigenvalue weighted by Crippen LogP contribution is 2.50. The van der Waals surface area contributed by atoms with Gasteiger partial charge in [0.05, 0.1) is 24.4 Å². The van der Waals surface area contributed by atoms with Crippen molar-refractivity contribution in [1.82, 2.24) is 10.6 Å². The third-order valence-electron chi connectivity index (χ3n) is 15.5. The molecule has 2 saturated carbocycles. The van der Waals surface area contributed by atoms with Crippen LogP contribution in [-0.2, 0) is 56.2 Å². The number of carboxylic acid groups (broad SMARTS) is 1. The summed E-state index contributed by atoms with van der Waals surface area (Å²) in [6.07, 6.45) is 15.3. The van der Waals surface area contributed by atoms with Gasteiger partial charge in [0.25, 0.3) is 11.8 Å². The minimum Gasteiger partial charge on any atom is -0.483 e. The van der Waals surface area contributed by atoms with Crippen LogP contribution in [0.3, 0.4) is 0 Å². The average Bonchev–Trinajstić information content (AvgIpc) is 3.85. The topological polar surface area (TPSA) is 221 Å². The van der Waals surface area contributed by atoms with Crippen molar-refractivity contribution >= 4 is 23.8 Å². The number of ether oxygens (including phenoxy) is 3. The molecule has 2 fully saturated rings. The molecule has 14 nitrogen and oxygen atoms in total. The van der Waals surface area contributed by atoms with Gasteiger partial charge >= 0.3 is 11.9 Å². The highest BCUT2D eigenvalue weighted by Gasteiger charge is 2.46. The van der Waals surface area contributed by atoms with Crippen LogP contribution < -0.4 is 20.1 Å². The second-order valence-corrected chi connectivity index (χ2v) is 20.5. The molecule has 406 valence electrons. The van der Waals surface area contributed by atoms with Crippen molar-refractivity contribution in [3.05, 3.63) is 94.5 Å². The zero-order valence-electron chi connectivity index (χ0n) is 42.0. The number of carbonyl (C=O) groups is 4. The van der Waals surface area contributed by atoms with Crippen molar-refractivity contribution in [1.29, 1.82) is 0 Å². The van der Waals surface area contributed by atoms with Crippen molar-refractivity contribution in [3.63, 3.8) is 0 Å². The maximum absolute atomic E-state index is 12.3. The summed E-state index contributed by atoms with van der Waals surface area (Å²) in [5.74, 6) is 0.860. The zero-order chi connectivity index (χ0) is 50.7. The van der Waals surface area contributed by atoms with E-state index >= 15 is 0 Å². The van der Waals surface area contributed by atoms with E-state index in [2.05, 4.69) is 36.6 Å². The number of hydrogen-bond donors (Lipinski definition) is 7. The number of unbranched alkanes of at least 4 members (excludes halogenated alkanes) is 4. The van der Waals surface area contributed by atoms with Crippen molar-refractivity contribution in [2.75, 3.05) is 26.3 Å². The van der Waals surface area contributed by atoms with E-state index in [0.717, 1.165) is 132 Å². The summed E-state index contributed by atoms with van der Waals surface area (Å²) in [5, 5.41) is 55.9. The van der Waals surface area contributed by atoms with E-state index in [4.69, 9.17) is 19.3 Å². The third kappa shape index (κ3) is 18.4. The van der Waals surface area contributed by atoms with Crippen LogP contribution in [0.5, 0.6) is 11.5 Å². The Bertz CT molecular complexity index is 2150. The van der Waals surface area contributed by atoms with Gasteiger partial charge in [-0.15, -0.1) is 0 Å². The first-order chi connectivity index (χ1) is 34.3. The molecule has 0 radical (unpaired) electrons. The Morgan fingerprint density at radius 3 is 1.52 bits per heavy atom. The molecule has 3 aromatic carbocycles. The summed E-state index contributed by atoms with van der Waals surface area (Å²) in [4.78, 5) is 46.7. The molecule has 14 heteroatoms. The quantitative estimate of drug-likeness (QED) is 0.0298. The Labute approximate surface area is 435 Å². The van der Waals surface area contributed by atoms with E-state index in [0.29, 0.717) is 35.2 Å². The van der Waals surface area contributed by atoms with Gasteiger partial charge in [0.1, 0.15) is 31.2 Å². The van der Waals surface area contributed by atoms with Gasteiger partial charge in [-0.1, -0.05) is 122 Å². The van der Waals surface area contributed by atoms with E-state index in [1.165, 1.54) is 11.1 Å². The maximum Gasteiger partial charge on any atom is 0.325 e. The molecule has 73 heavy (non-hydrogen) atoms. The van der Waals surface area contributed by atoms with Crippen LogP contribution in [0.2, 0.25) is 0 Å². The highest BCUT2D eigenvalue weighted by atomic mass is 16.5. The Morgan fingerprint density at radius 1 is 0.603 bits per heavy atom. The summed E-state index contributed by atoms with van der Waals surface area (Å²) in [6.45, 7) is 3.45. The summed E-state index contributed by atoms with van der Waals surface area (Å²) >= 11 is 0. The highest BCUT2D eigenvalue weighted by molar-refractivity contribution is 5.83. The average molecular weight is 1020 g/mol. The van der Waals surface area contributed by atoms with Crippen LogP contribution in [0.25, 0.3) is 0 Å². The lowest BCUT2D eigenvalue weighted by Crippen LogP contribution is -2.34. The number of benzene rings is 3. The molecular formula is C59H88N2O12. The Morgan fingerprint density at radius 2 is 1.07 bits per heavy atom. The number of rotatable bonds is 26. The van der Waals surface area contributed by atoms with Crippen LogP contribution >= 0.6 is 0 Å². The van der Waals surface area contributed by atoms with E-state index in [1.54, 1.807) is 0 Å². The molecule has 0 unspecified atom stereocenters. The van der Waals surface area contributed by atoms with E-state index in [9.17, 15) is 39.6 Å². The minimum atomic E-state index is -1.09. The number of aliphatic hydroxyl groups is 4. The number of esters is 1. The second kappa shape index (κ2) is 31.0. The van der Waals surface area contributed by atoms with Gasteiger partial charge in [0.2, 0.25) is 0 Å². The first-order valence-corrected chi connectivity index (χ1v) is 26.5. The Kier molecular flexibility index (Phi) is 25.7. The van der Waals surface area contributed by atoms with Gasteiger partial charge in [-0.3, -0.25) is 19.2 Å². The number of nitrogens with one attached hydrogen (secondary N) is 2. The van der Waals surface area contributed by atoms with E-state index in [1.807, 2.05) is 54.6 Å². The van der Waals surface area contributed by atoms with Crippen molar-refractivity contribution < 1.29 is 58.9 Å². The van der Waals surface area contributed by atoms with Gasteiger partial charge in [-0.05, 0) is 153 Å². The lowest BCUT2D eigenvalue weighted by molar-refractivity contribution is -0.145. The molecule has 10 atom stereocenters. The number of aliphatic carboxylic acids is 1. The summed E-state index contributed by atoms with van der Waals surface area (Å²) in [5.41, 5.74) is 5.49. The van der Waals surface area contributed by atoms with Gasteiger partial charge in [0, 0.05) is 0 Å². The number of aliphatic hydroxyl groups excluding tert-OH is 4. The Hall–Kier alpha value is -5.02. The molecule has 0 aromatic heterocycles. The summed E-state index contributed by atoms with van der Waals surface area (Å²) in [6, 6.07) is 21.2. The van der Waals surface area contributed by atoms with E-state index < -0.39 is 24.4 Å². The molecular weight excluding hydrogens is 929 g/mol. The normalized spacial score (nSPS) is 22.9. The number of carbonyl (C=O) groups excluding carboxylic acids is 3. The minimum absolute atomic E-state index is 0. The fraction of sp³-hybridized carbons (Fsp3) is 0.627. The zero-order valence-corrected chi connectivity index (χ0v) is 42.0. The van der Waals surface area contributed by atoms with Crippen molar-refractivity contribution in [2.24, 2.45) is 35.5 Å². The van der Waals surface area contributed by atoms with Crippen LogP contribution in [0, 0.1) is 35.5 Å². The molecule has 0 spiro atoms. The predicted octanol–water partition coefficient (Wildman–Crippen LogP) is 8.33. The first kappa shape index (κ1) is 60.5. The fourth-order valence-electron chi connectivity index (χ4n) is 11.7. The van der Waals surface area contributed by atoms with Gasteiger partial charge in [0.15, 0.2) is 13.2 Å². The summed E-state index contributed by atoms with van der Waals surface area (Å²) < 4.78 is 16.8. The first-order valence-electron chi connectivity index (χ1n) is 26.5. The molecule has 2 amide bonds. The monoisotopic (exact) mass is 1020 g/mol. The number of hydrogen-bond acceptors (Lipinski definition) is 11. The molecule has 7 rings (SSSR count). The maximum atomic E-state index is 12.3. The van der Waals surface area contributed by atoms with Crippen molar-refractivity contribution in [3.8, 4) is 11.5 Å². The summed E-state index contributed by atoms with van der Waals surface area (Å²) in [7, 11) is 0. The molecule has 7 N–H and O–H groups in total. The van der Waals surface area contributed by atoms with Crippen molar-refractivity contribution in [2.45, 2.75) is 175 Å². The van der Waals surface area contributed by atoms with Gasteiger partial charge in [-0.25, -0.2) is 0 Å². The standard InChI is InChI=1S/C32H43NO6.C25H37NO6.2CH4/c1-2-3-5-12-25(34)14-15-26-27-16-23-11-8-13-30(28(23)17-24(27)18-29(26)35)38-21-31(36)33-19-32(37)39-20-22-9-6-4-7-10-22;1-2-3-4-7-18(27)9-10-19-20-11-16-6-5-8-23(21(16)12-17(20)13-22(19)28)32-15-24(29)26-14-25(30)31;;/h4,6-11,13,24-27,29,34-35H,2-3,5,12,14-21H2,1H3,(H,33,36);5-6,8,17-20,22,27-28H,2-4,7,9-15H2,1H3,(H,26,29)(H,30,31);2*1H4/t24-,25-,26+,27-,29+;17-,18-,19+,20-,22+;;/m00../s1. The Balaban J connectivity index is 0.000000314. The molecule has 4 aliphatic carbocycles. The molecule has 0 heterocycles. The lowest BCUT2D eigenvalue weighted by atomic mass is 9.73. The molecule has 0 saturated heterocycles. The predicted molar refractivity (Wildman–Crippen MR) is 283 cm³/mol. The largest absolute Gasteiger partial charge is 0.483 e. The number of fused-ring (bicyclic) bond motifs is 4. The van der Waals surface area contributed by atoms with Crippen LogP contribution in [0.15, 0.2) is 66.7 Å². The number of carboxylic acids is 1. The third-order valence-corrected chi connectivity index (χ3v) is 15.5. The van der Waals surface area contributed by atoms with Gasteiger partial charge < -0.3 is 50.4 Å². The second-order valence-electron chi connectivity index (χ2n) is 20.5.